The van der Waals surface area contributed by atoms with Crippen LogP contribution in [0.3, 0.4) is 0 Å². The first-order chi connectivity index (χ1) is 14.4. The van der Waals surface area contributed by atoms with E-state index in [1.165, 1.54) is 31.2 Å². The third kappa shape index (κ3) is 4.76. The van der Waals surface area contributed by atoms with Gasteiger partial charge in [-0.3, -0.25) is 20.2 Å². The molecule has 154 valence electrons. The molecule has 1 atom stereocenters. The third-order valence-corrected chi connectivity index (χ3v) is 3.96. The average molecular weight is 412 g/mol. The lowest BCUT2D eigenvalue weighted by atomic mass is 10.2. The second-order valence-corrected chi connectivity index (χ2v) is 5.98. The minimum absolute atomic E-state index is 0.0693. The molecule has 0 aliphatic rings. The number of rotatable bonds is 7. The van der Waals surface area contributed by atoms with Gasteiger partial charge in [-0.15, -0.1) is 5.10 Å². The quantitative estimate of drug-likeness (QED) is 0.351. The molecule has 0 bridgehead atoms. The number of nitrogens with one attached hydrogen (secondary N) is 1. The summed E-state index contributed by atoms with van der Waals surface area (Å²) in [5, 5.41) is 20.6. The summed E-state index contributed by atoms with van der Waals surface area (Å²) in [6.45, 7) is 1.36. The molecular formula is C19H16N4O7. The Morgan fingerprint density at radius 1 is 1.10 bits per heavy atom. The van der Waals surface area contributed by atoms with E-state index in [1.54, 1.807) is 31.4 Å². The molecule has 3 aromatic rings. The second kappa shape index (κ2) is 8.82. The van der Waals surface area contributed by atoms with Crippen LogP contribution in [0.1, 0.15) is 17.3 Å². The number of hydrogen-bond acceptors (Lipinski definition) is 9. The van der Waals surface area contributed by atoms with Crippen LogP contribution in [0.5, 0.6) is 5.75 Å². The molecule has 0 saturated heterocycles. The Bertz CT molecular complexity index is 1060. The monoisotopic (exact) mass is 412 g/mol. The van der Waals surface area contributed by atoms with Crippen LogP contribution in [0.4, 0.5) is 11.7 Å². The summed E-state index contributed by atoms with van der Waals surface area (Å²) in [6, 6.07) is 11.5. The normalized spacial score (nSPS) is 11.4. The smallest absolute Gasteiger partial charge is 0.338 e. The fourth-order valence-electron chi connectivity index (χ4n) is 2.33. The van der Waals surface area contributed by atoms with Gasteiger partial charge in [0.25, 0.3) is 11.6 Å². The molecule has 1 amide bonds. The van der Waals surface area contributed by atoms with Crippen molar-refractivity contribution in [3.05, 3.63) is 64.2 Å². The highest BCUT2D eigenvalue weighted by Gasteiger charge is 2.21. The summed E-state index contributed by atoms with van der Waals surface area (Å²) >= 11 is 0. The minimum Gasteiger partial charge on any atom is -0.497 e. The van der Waals surface area contributed by atoms with Gasteiger partial charge < -0.3 is 13.9 Å². The summed E-state index contributed by atoms with van der Waals surface area (Å²) in [5.74, 6) is -0.647. The number of esters is 1. The number of anilines is 1. The standard InChI is InChI=1S/C19H16N4O7/c1-11(29-18(25)13-3-7-14(8-4-13)23(26)27)16(24)20-19-22-21-17(30-19)12-5-9-15(28-2)10-6-12/h3-11H,1-2H3,(H,20,22,24). The second-order valence-electron chi connectivity index (χ2n) is 5.98. The number of carbonyl (C=O) groups excluding carboxylic acids is 2. The minimum atomic E-state index is -1.18. The van der Waals surface area contributed by atoms with Crippen molar-refractivity contribution in [3.8, 4) is 17.2 Å². The first-order valence-electron chi connectivity index (χ1n) is 8.61. The van der Waals surface area contributed by atoms with E-state index < -0.39 is 22.9 Å². The number of carbonyl (C=O) groups is 2. The molecule has 0 spiro atoms. The van der Waals surface area contributed by atoms with Crippen molar-refractivity contribution in [2.45, 2.75) is 13.0 Å². The van der Waals surface area contributed by atoms with Gasteiger partial charge in [0.1, 0.15) is 5.75 Å². The van der Waals surface area contributed by atoms with Crippen LogP contribution < -0.4 is 10.1 Å². The fraction of sp³-hybridized carbons (Fsp3) is 0.158. The molecular weight excluding hydrogens is 396 g/mol. The van der Waals surface area contributed by atoms with E-state index in [-0.39, 0.29) is 23.2 Å². The van der Waals surface area contributed by atoms with Gasteiger partial charge in [-0.25, -0.2) is 4.79 Å². The van der Waals surface area contributed by atoms with E-state index in [0.717, 1.165) is 0 Å². The summed E-state index contributed by atoms with van der Waals surface area (Å²) in [6.07, 6.45) is -1.18. The lowest BCUT2D eigenvalue weighted by Crippen LogP contribution is -2.30. The molecule has 2 aromatic carbocycles. The van der Waals surface area contributed by atoms with E-state index in [9.17, 15) is 19.7 Å². The number of non-ortho nitro benzene ring substituents is 1. The lowest BCUT2D eigenvalue weighted by molar-refractivity contribution is -0.384. The van der Waals surface area contributed by atoms with Crippen LogP contribution in [0.15, 0.2) is 52.9 Å². The Morgan fingerprint density at radius 3 is 2.37 bits per heavy atom. The Kier molecular flexibility index (Phi) is 6.01. The molecule has 0 fully saturated rings. The van der Waals surface area contributed by atoms with Crippen LogP contribution in [-0.2, 0) is 9.53 Å². The van der Waals surface area contributed by atoms with Crippen molar-refractivity contribution < 1.29 is 28.4 Å². The fourth-order valence-corrected chi connectivity index (χ4v) is 2.33. The summed E-state index contributed by atoms with van der Waals surface area (Å²) in [5.41, 5.74) is 0.530. The molecule has 1 heterocycles. The summed E-state index contributed by atoms with van der Waals surface area (Å²) in [7, 11) is 1.55. The number of aromatic nitrogens is 2. The molecule has 1 aromatic heterocycles. The summed E-state index contributed by atoms with van der Waals surface area (Å²) < 4.78 is 15.5. The van der Waals surface area contributed by atoms with Crippen LogP contribution in [0.25, 0.3) is 11.5 Å². The van der Waals surface area contributed by atoms with E-state index in [2.05, 4.69) is 15.5 Å². The first kappa shape index (κ1) is 20.5. The molecule has 1 N–H and O–H groups in total. The van der Waals surface area contributed by atoms with Crippen LogP contribution in [0.2, 0.25) is 0 Å². The molecule has 0 aliphatic heterocycles. The van der Waals surface area contributed by atoms with E-state index in [0.29, 0.717) is 11.3 Å². The van der Waals surface area contributed by atoms with Crippen molar-refractivity contribution in [2.75, 3.05) is 12.4 Å². The number of benzene rings is 2. The maximum atomic E-state index is 12.2. The van der Waals surface area contributed by atoms with Crippen molar-refractivity contribution in [1.82, 2.24) is 10.2 Å². The zero-order valence-corrected chi connectivity index (χ0v) is 15.9. The first-order valence-corrected chi connectivity index (χ1v) is 8.61. The maximum absolute atomic E-state index is 12.2. The highest BCUT2D eigenvalue weighted by Crippen LogP contribution is 2.22. The number of nitrogens with zero attached hydrogens (tertiary/aromatic N) is 3. The van der Waals surface area contributed by atoms with Crippen molar-refractivity contribution in [1.29, 1.82) is 0 Å². The van der Waals surface area contributed by atoms with Gasteiger partial charge in [-0.05, 0) is 43.3 Å². The Labute approximate surface area is 169 Å². The van der Waals surface area contributed by atoms with Crippen LogP contribution in [0, 0.1) is 10.1 Å². The Balaban J connectivity index is 1.59. The average Bonchev–Trinajstić information content (AvgIpc) is 3.22. The van der Waals surface area contributed by atoms with Crippen LogP contribution in [-0.4, -0.2) is 40.2 Å². The number of methoxy groups -OCH3 is 1. The zero-order chi connectivity index (χ0) is 21.7. The highest BCUT2D eigenvalue weighted by atomic mass is 16.6. The molecule has 30 heavy (non-hydrogen) atoms. The topological polar surface area (TPSA) is 147 Å². The molecule has 11 heteroatoms. The number of amides is 1. The highest BCUT2D eigenvalue weighted by molar-refractivity contribution is 5.96. The molecule has 0 saturated carbocycles. The largest absolute Gasteiger partial charge is 0.497 e. The predicted molar refractivity (Wildman–Crippen MR) is 103 cm³/mol. The van der Waals surface area contributed by atoms with Gasteiger partial charge in [0.15, 0.2) is 6.10 Å². The summed E-state index contributed by atoms with van der Waals surface area (Å²) in [4.78, 5) is 34.4. The molecule has 3 rings (SSSR count). The van der Waals surface area contributed by atoms with Gasteiger partial charge in [-0.1, -0.05) is 5.10 Å². The number of hydrogen-bond donors (Lipinski definition) is 1. The van der Waals surface area contributed by atoms with Crippen molar-refractivity contribution in [2.24, 2.45) is 0 Å². The van der Waals surface area contributed by atoms with Gasteiger partial charge >= 0.3 is 12.0 Å². The molecule has 0 radical (unpaired) electrons. The third-order valence-electron chi connectivity index (χ3n) is 3.96. The Morgan fingerprint density at radius 2 is 1.77 bits per heavy atom. The Hall–Kier alpha value is -4.28. The lowest BCUT2D eigenvalue weighted by Gasteiger charge is -2.11. The number of nitro benzene ring substituents is 1. The van der Waals surface area contributed by atoms with Crippen LogP contribution >= 0.6 is 0 Å². The SMILES string of the molecule is COc1ccc(-c2nnc(NC(=O)C(C)OC(=O)c3ccc([N+](=O)[O-])cc3)o2)cc1. The zero-order valence-electron chi connectivity index (χ0n) is 15.9. The van der Waals surface area contributed by atoms with Gasteiger partial charge in [0, 0.05) is 17.7 Å². The van der Waals surface area contributed by atoms with Gasteiger partial charge in [0.2, 0.25) is 5.89 Å². The number of ether oxygens (including phenoxy) is 2. The van der Waals surface area contributed by atoms with E-state index in [4.69, 9.17) is 13.9 Å². The van der Waals surface area contributed by atoms with Crippen molar-refractivity contribution >= 4 is 23.6 Å². The van der Waals surface area contributed by atoms with Crippen molar-refractivity contribution in [3.63, 3.8) is 0 Å². The van der Waals surface area contributed by atoms with E-state index >= 15 is 0 Å². The number of nitro groups is 1. The van der Waals surface area contributed by atoms with E-state index in [1.807, 2.05) is 0 Å². The maximum Gasteiger partial charge on any atom is 0.338 e. The predicted octanol–water partition coefficient (Wildman–Crippen LogP) is 2.84. The van der Waals surface area contributed by atoms with Gasteiger partial charge in [0.05, 0.1) is 17.6 Å². The van der Waals surface area contributed by atoms with Gasteiger partial charge in [-0.2, -0.15) is 0 Å². The molecule has 0 aliphatic carbocycles. The molecule has 1 unspecified atom stereocenters. The molecule has 11 nitrogen and oxygen atoms in total.